The first kappa shape index (κ1) is 12.4. The highest BCUT2D eigenvalue weighted by atomic mass is 16.5. The second-order valence-corrected chi connectivity index (χ2v) is 4.76. The molecule has 1 unspecified atom stereocenters. The molecule has 2 heterocycles. The van der Waals surface area contributed by atoms with Gasteiger partial charge in [-0.05, 0) is 25.0 Å². The van der Waals surface area contributed by atoms with Crippen molar-refractivity contribution in [1.82, 2.24) is 9.38 Å². The van der Waals surface area contributed by atoms with Crippen molar-refractivity contribution in [3.8, 4) is 11.8 Å². The van der Waals surface area contributed by atoms with E-state index in [1.54, 1.807) is 0 Å². The average Bonchev–Trinajstić information content (AvgIpc) is 2.80. The standard InChI is InChI=1S/C14H17N3O/c1-10(2)12-8-17-6-4-5-13(14(17)16-12)18-9-11(3)7-15/h4-6,8,10-11H,9H2,1-3H3. The lowest BCUT2D eigenvalue weighted by molar-refractivity contribution is 0.290. The van der Waals surface area contributed by atoms with E-state index in [1.165, 1.54) is 0 Å². The lowest BCUT2D eigenvalue weighted by Crippen LogP contribution is -2.06. The van der Waals surface area contributed by atoms with Gasteiger partial charge in [-0.2, -0.15) is 5.26 Å². The summed E-state index contributed by atoms with van der Waals surface area (Å²) in [5.74, 6) is 0.993. The van der Waals surface area contributed by atoms with E-state index in [-0.39, 0.29) is 5.92 Å². The molecule has 94 valence electrons. The predicted octanol–water partition coefficient (Wildman–Crippen LogP) is 3.00. The molecule has 0 aliphatic carbocycles. The van der Waals surface area contributed by atoms with Crippen LogP contribution in [0.25, 0.3) is 5.65 Å². The van der Waals surface area contributed by atoms with Gasteiger partial charge in [0.15, 0.2) is 11.4 Å². The summed E-state index contributed by atoms with van der Waals surface area (Å²) < 4.78 is 7.62. The quantitative estimate of drug-likeness (QED) is 0.829. The van der Waals surface area contributed by atoms with Gasteiger partial charge in [-0.25, -0.2) is 4.98 Å². The van der Waals surface area contributed by atoms with Crippen molar-refractivity contribution in [3.63, 3.8) is 0 Å². The van der Waals surface area contributed by atoms with Crippen LogP contribution in [0, 0.1) is 17.2 Å². The maximum Gasteiger partial charge on any atom is 0.179 e. The minimum absolute atomic E-state index is 0.121. The molecule has 0 saturated carbocycles. The van der Waals surface area contributed by atoms with E-state index < -0.39 is 0 Å². The van der Waals surface area contributed by atoms with Crippen LogP contribution < -0.4 is 4.74 Å². The van der Waals surface area contributed by atoms with E-state index in [4.69, 9.17) is 10.00 Å². The first-order chi connectivity index (χ1) is 8.61. The lowest BCUT2D eigenvalue weighted by atomic mass is 10.2. The molecule has 0 aliphatic rings. The molecule has 0 radical (unpaired) electrons. The van der Waals surface area contributed by atoms with Gasteiger partial charge < -0.3 is 9.14 Å². The van der Waals surface area contributed by atoms with Gasteiger partial charge >= 0.3 is 0 Å². The van der Waals surface area contributed by atoms with Gasteiger partial charge in [-0.15, -0.1) is 0 Å². The molecule has 2 aromatic rings. The Balaban J connectivity index is 2.30. The summed E-state index contributed by atoms with van der Waals surface area (Å²) >= 11 is 0. The Morgan fingerprint density at radius 1 is 1.44 bits per heavy atom. The van der Waals surface area contributed by atoms with E-state index in [0.29, 0.717) is 12.5 Å². The fourth-order valence-electron chi connectivity index (χ4n) is 1.65. The van der Waals surface area contributed by atoms with Crippen molar-refractivity contribution in [1.29, 1.82) is 5.26 Å². The number of aromatic nitrogens is 2. The van der Waals surface area contributed by atoms with Crippen molar-refractivity contribution >= 4 is 5.65 Å². The summed E-state index contributed by atoms with van der Waals surface area (Å²) in [4.78, 5) is 4.57. The molecule has 1 atom stereocenters. The first-order valence-electron chi connectivity index (χ1n) is 6.12. The molecule has 2 rings (SSSR count). The monoisotopic (exact) mass is 243 g/mol. The lowest BCUT2D eigenvalue weighted by Gasteiger charge is -2.07. The third kappa shape index (κ3) is 2.45. The highest BCUT2D eigenvalue weighted by Gasteiger charge is 2.10. The summed E-state index contributed by atoms with van der Waals surface area (Å²) in [6, 6.07) is 5.96. The van der Waals surface area contributed by atoms with Gasteiger partial charge in [-0.1, -0.05) is 13.8 Å². The summed E-state index contributed by atoms with van der Waals surface area (Å²) in [5.41, 5.74) is 1.85. The van der Waals surface area contributed by atoms with Crippen molar-refractivity contribution in [2.24, 2.45) is 5.92 Å². The molecule has 0 aromatic carbocycles. The Labute approximate surface area is 107 Å². The zero-order valence-corrected chi connectivity index (χ0v) is 10.9. The van der Waals surface area contributed by atoms with Crippen LogP contribution >= 0.6 is 0 Å². The number of nitrogens with zero attached hydrogens (tertiary/aromatic N) is 3. The maximum absolute atomic E-state index is 8.75. The Morgan fingerprint density at radius 2 is 2.22 bits per heavy atom. The number of fused-ring (bicyclic) bond motifs is 1. The Kier molecular flexibility index (Phi) is 3.52. The fourth-order valence-corrected chi connectivity index (χ4v) is 1.65. The highest BCUT2D eigenvalue weighted by molar-refractivity contribution is 5.54. The smallest absolute Gasteiger partial charge is 0.179 e. The normalized spacial score (nSPS) is 12.6. The molecule has 4 nitrogen and oxygen atoms in total. The topological polar surface area (TPSA) is 50.3 Å². The number of pyridine rings is 1. The van der Waals surface area contributed by atoms with E-state index in [0.717, 1.165) is 17.1 Å². The molecular weight excluding hydrogens is 226 g/mol. The second kappa shape index (κ2) is 5.09. The molecule has 0 spiro atoms. The van der Waals surface area contributed by atoms with Crippen LogP contribution in [0.3, 0.4) is 0 Å². The van der Waals surface area contributed by atoms with Crippen molar-refractivity contribution in [2.45, 2.75) is 26.7 Å². The van der Waals surface area contributed by atoms with Crippen molar-refractivity contribution in [3.05, 3.63) is 30.2 Å². The SMILES string of the molecule is CC(C#N)COc1cccn2cc(C(C)C)nc12. The molecule has 18 heavy (non-hydrogen) atoms. The number of hydrogen-bond donors (Lipinski definition) is 0. The van der Waals surface area contributed by atoms with Crippen LogP contribution in [0.4, 0.5) is 0 Å². The van der Waals surface area contributed by atoms with Crippen molar-refractivity contribution < 1.29 is 4.74 Å². The largest absolute Gasteiger partial charge is 0.488 e. The van der Waals surface area contributed by atoms with Gasteiger partial charge in [0.2, 0.25) is 0 Å². The van der Waals surface area contributed by atoms with Gasteiger partial charge in [0.05, 0.1) is 17.7 Å². The molecule has 0 amide bonds. The maximum atomic E-state index is 8.75. The fraction of sp³-hybridized carbons (Fsp3) is 0.429. The number of rotatable bonds is 4. The number of hydrogen-bond acceptors (Lipinski definition) is 3. The van der Waals surface area contributed by atoms with Gasteiger partial charge in [0.1, 0.15) is 6.61 Å². The van der Waals surface area contributed by atoms with E-state index in [2.05, 4.69) is 24.9 Å². The number of imidazole rings is 1. The van der Waals surface area contributed by atoms with Crippen LogP contribution in [0.15, 0.2) is 24.5 Å². The molecule has 0 fully saturated rings. The van der Waals surface area contributed by atoms with Crippen LogP contribution in [-0.2, 0) is 0 Å². The number of ether oxygens (including phenoxy) is 1. The Hall–Kier alpha value is -2.02. The Bertz CT molecular complexity index is 580. The summed E-state index contributed by atoms with van der Waals surface area (Å²) in [7, 11) is 0. The molecule has 4 heteroatoms. The first-order valence-corrected chi connectivity index (χ1v) is 6.12. The minimum Gasteiger partial charge on any atom is -0.488 e. The summed E-state index contributed by atoms with van der Waals surface area (Å²) in [5, 5.41) is 8.75. The van der Waals surface area contributed by atoms with Gasteiger partial charge in [-0.3, -0.25) is 0 Å². The van der Waals surface area contributed by atoms with E-state index in [1.807, 2.05) is 35.9 Å². The Morgan fingerprint density at radius 3 is 2.89 bits per heavy atom. The molecule has 0 bridgehead atoms. The highest BCUT2D eigenvalue weighted by Crippen LogP contribution is 2.22. The molecule has 2 aromatic heterocycles. The van der Waals surface area contributed by atoms with Crippen LogP contribution in [0.2, 0.25) is 0 Å². The molecule has 0 saturated heterocycles. The zero-order valence-electron chi connectivity index (χ0n) is 10.9. The van der Waals surface area contributed by atoms with Crippen LogP contribution in [0.1, 0.15) is 32.4 Å². The molecule has 0 aliphatic heterocycles. The average molecular weight is 243 g/mol. The van der Waals surface area contributed by atoms with Gasteiger partial charge in [0, 0.05) is 12.4 Å². The van der Waals surface area contributed by atoms with E-state index >= 15 is 0 Å². The van der Waals surface area contributed by atoms with Gasteiger partial charge in [0.25, 0.3) is 0 Å². The van der Waals surface area contributed by atoms with Crippen LogP contribution in [-0.4, -0.2) is 16.0 Å². The molecular formula is C14H17N3O. The molecule has 0 N–H and O–H groups in total. The predicted molar refractivity (Wildman–Crippen MR) is 69.6 cm³/mol. The summed E-state index contributed by atoms with van der Waals surface area (Å²) in [6.45, 7) is 6.45. The number of nitriles is 1. The van der Waals surface area contributed by atoms with Crippen molar-refractivity contribution in [2.75, 3.05) is 6.61 Å². The third-order valence-corrected chi connectivity index (χ3v) is 2.77. The second-order valence-electron chi connectivity index (χ2n) is 4.76. The third-order valence-electron chi connectivity index (χ3n) is 2.77. The van der Waals surface area contributed by atoms with E-state index in [9.17, 15) is 0 Å². The summed E-state index contributed by atoms with van der Waals surface area (Å²) in [6.07, 6.45) is 3.97. The zero-order chi connectivity index (χ0) is 13.1. The minimum atomic E-state index is -0.121. The van der Waals surface area contributed by atoms with Crippen LogP contribution in [0.5, 0.6) is 5.75 Å².